The van der Waals surface area contributed by atoms with Crippen LogP contribution in [0.3, 0.4) is 0 Å². The van der Waals surface area contributed by atoms with Crippen molar-refractivity contribution < 1.29 is 9.53 Å². The van der Waals surface area contributed by atoms with Gasteiger partial charge < -0.3 is 10.1 Å². The highest BCUT2D eigenvalue weighted by Crippen LogP contribution is 2.19. The van der Waals surface area contributed by atoms with Gasteiger partial charge in [0.05, 0.1) is 25.8 Å². The summed E-state index contributed by atoms with van der Waals surface area (Å²) in [5.41, 5.74) is 2.37. The molecular weight excluding hydrogens is 316 g/mol. The minimum absolute atomic E-state index is 0.0341. The van der Waals surface area contributed by atoms with E-state index in [1.807, 2.05) is 36.2 Å². The lowest BCUT2D eigenvalue weighted by Crippen LogP contribution is -2.44. The molecule has 1 aliphatic rings. The van der Waals surface area contributed by atoms with Gasteiger partial charge in [0.1, 0.15) is 0 Å². The molecule has 0 saturated carbocycles. The van der Waals surface area contributed by atoms with Gasteiger partial charge in [-0.2, -0.15) is 0 Å². The Morgan fingerprint density at radius 3 is 2.44 bits per heavy atom. The molecule has 2 aromatic rings. The molecular formula is C19H24N4O2. The van der Waals surface area contributed by atoms with E-state index < -0.39 is 0 Å². The molecule has 2 atom stereocenters. The number of nitrogens with zero attached hydrogens (tertiary/aromatic N) is 3. The van der Waals surface area contributed by atoms with Crippen molar-refractivity contribution >= 4 is 5.91 Å². The Bertz CT molecular complexity index is 666. The van der Waals surface area contributed by atoms with Gasteiger partial charge in [-0.1, -0.05) is 0 Å². The van der Waals surface area contributed by atoms with Crippen LogP contribution in [0.25, 0.3) is 0 Å². The SMILES string of the molecule is CN(CC(=O)N[C@@H]1COC[C@H]1Cc1ccncc1)Cc1ccncc1. The van der Waals surface area contributed by atoms with Crippen LogP contribution in [0.5, 0.6) is 0 Å². The van der Waals surface area contributed by atoms with Crippen molar-refractivity contribution in [2.24, 2.45) is 5.92 Å². The lowest BCUT2D eigenvalue weighted by molar-refractivity contribution is -0.123. The first-order valence-corrected chi connectivity index (χ1v) is 8.54. The molecule has 1 saturated heterocycles. The lowest BCUT2D eigenvalue weighted by atomic mass is 9.95. The molecule has 2 aromatic heterocycles. The quantitative estimate of drug-likeness (QED) is 0.822. The summed E-state index contributed by atoms with van der Waals surface area (Å²) in [5.74, 6) is 0.337. The number of amides is 1. The lowest BCUT2D eigenvalue weighted by Gasteiger charge is -2.21. The summed E-state index contributed by atoms with van der Waals surface area (Å²) < 4.78 is 5.59. The summed E-state index contributed by atoms with van der Waals surface area (Å²) in [6, 6.07) is 8.02. The van der Waals surface area contributed by atoms with Gasteiger partial charge in [-0.25, -0.2) is 0 Å². The smallest absolute Gasteiger partial charge is 0.234 e. The van der Waals surface area contributed by atoms with Crippen LogP contribution >= 0.6 is 0 Å². The van der Waals surface area contributed by atoms with Crippen LogP contribution in [-0.4, -0.2) is 53.6 Å². The van der Waals surface area contributed by atoms with E-state index in [2.05, 4.69) is 15.3 Å². The molecule has 3 rings (SSSR count). The van der Waals surface area contributed by atoms with Crippen LogP contribution in [0.2, 0.25) is 0 Å². The van der Waals surface area contributed by atoms with Crippen molar-refractivity contribution in [3.8, 4) is 0 Å². The summed E-state index contributed by atoms with van der Waals surface area (Å²) >= 11 is 0. The van der Waals surface area contributed by atoms with Crippen LogP contribution in [0.15, 0.2) is 49.1 Å². The van der Waals surface area contributed by atoms with E-state index in [0.717, 1.165) is 18.5 Å². The van der Waals surface area contributed by atoms with E-state index in [1.165, 1.54) is 5.56 Å². The molecule has 25 heavy (non-hydrogen) atoms. The van der Waals surface area contributed by atoms with Crippen molar-refractivity contribution in [2.75, 3.05) is 26.8 Å². The molecule has 132 valence electrons. The van der Waals surface area contributed by atoms with Gasteiger partial charge >= 0.3 is 0 Å². The minimum Gasteiger partial charge on any atom is -0.379 e. The molecule has 6 nitrogen and oxygen atoms in total. The zero-order valence-corrected chi connectivity index (χ0v) is 14.5. The maximum Gasteiger partial charge on any atom is 0.234 e. The maximum atomic E-state index is 12.4. The van der Waals surface area contributed by atoms with Crippen LogP contribution in [-0.2, 0) is 22.5 Å². The first kappa shape index (κ1) is 17.5. The molecule has 1 fully saturated rings. The van der Waals surface area contributed by atoms with Crippen LogP contribution in [0.4, 0.5) is 0 Å². The second-order valence-corrected chi connectivity index (χ2v) is 6.56. The van der Waals surface area contributed by atoms with Crippen molar-refractivity contribution in [1.29, 1.82) is 0 Å². The summed E-state index contributed by atoms with van der Waals surface area (Å²) in [6.07, 6.45) is 8.02. The topological polar surface area (TPSA) is 67.4 Å². The standard InChI is InChI=1S/C19H24N4O2/c1-23(11-16-4-8-21-9-5-16)12-19(24)22-18-14-25-13-17(18)10-15-2-6-20-7-3-15/h2-9,17-18H,10-14H2,1H3,(H,22,24)/t17-,18-/m1/s1. The van der Waals surface area contributed by atoms with Crippen molar-refractivity contribution in [1.82, 2.24) is 20.2 Å². The number of hydrogen-bond acceptors (Lipinski definition) is 5. The molecule has 0 aromatic carbocycles. The summed E-state index contributed by atoms with van der Waals surface area (Å²) in [6.45, 7) is 2.34. The van der Waals surface area contributed by atoms with Crippen LogP contribution < -0.4 is 5.32 Å². The van der Waals surface area contributed by atoms with E-state index >= 15 is 0 Å². The van der Waals surface area contributed by atoms with Crippen molar-refractivity contribution in [3.63, 3.8) is 0 Å². The number of carbonyl (C=O) groups excluding carboxylic acids is 1. The van der Waals surface area contributed by atoms with Gasteiger partial charge in [-0.05, 0) is 48.9 Å². The number of likely N-dealkylation sites (N-methyl/N-ethyl adjacent to an activating group) is 1. The Morgan fingerprint density at radius 1 is 1.12 bits per heavy atom. The van der Waals surface area contributed by atoms with Gasteiger partial charge in [-0.3, -0.25) is 19.7 Å². The summed E-state index contributed by atoms with van der Waals surface area (Å²) in [4.78, 5) is 22.4. The number of rotatable bonds is 7. The zero-order valence-electron chi connectivity index (χ0n) is 14.5. The number of nitrogens with one attached hydrogen (secondary N) is 1. The maximum absolute atomic E-state index is 12.4. The van der Waals surface area contributed by atoms with E-state index in [-0.39, 0.29) is 11.9 Å². The number of hydrogen-bond donors (Lipinski definition) is 1. The number of carbonyl (C=O) groups is 1. The highest BCUT2D eigenvalue weighted by Gasteiger charge is 2.29. The van der Waals surface area contributed by atoms with Crippen LogP contribution in [0.1, 0.15) is 11.1 Å². The van der Waals surface area contributed by atoms with Gasteiger partial charge in [0.25, 0.3) is 0 Å². The summed E-state index contributed by atoms with van der Waals surface area (Å²) in [7, 11) is 1.94. The monoisotopic (exact) mass is 340 g/mol. The van der Waals surface area contributed by atoms with E-state index in [4.69, 9.17) is 4.74 Å². The number of ether oxygens (including phenoxy) is 1. The number of aromatic nitrogens is 2. The van der Waals surface area contributed by atoms with Gasteiger partial charge in [0.2, 0.25) is 5.91 Å². The normalized spacial score (nSPS) is 19.9. The Balaban J connectivity index is 1.48. The third-order valence-corrected chi connectivity index (χ3v) is 4.41. The molecule has 1 aliphatic heterocycles. The van der Waals surface area contributed by atoms with Crippen molar-refractivity contribution in [3.05, 3.63) is 60.2 Å². The fourth-order valence-corrected chi connectivity index (χ4v) is 3.13. The Labute approximate surface area is 148 Å². The summed E-state index contributed by atoms with van der Waals surface area (Å²) in [5, 5.41) is 3.13. The second kappa shape index (κ2) is 8.69. The molecule has 0 unspecified atom stereocenters. The average molecular weight is 340 g/mol. The Kier molecular flexibility index (Phi) is 6.09. The second-order valence-electron chi connectivity index (χ2n) is 6.56. The molecule has 1 amide bonds. The molecule has 1 N–H and O–H groups in total. The third kappa shape index (κ3) is 5.34. The number of pyridine rings is 2. The predicted molar refractivity (Wildman–Crippen MR) is 94.8 cm³/mol. The van der Waals surface area contributed by atoms with Gasteiger partial charge in [0, 0.05) is 37.3 Å². The fraction of sp³-hybridized carbons (Fsp3) is 0.421. The molecule has 6 heteroatoms. The van der Waals surface area contributed by atoms with E-state index in [1.54, 1.807) is 24.8 Å². The predicted octanol–water partition coefficient (Wildman–Crippen LogP) is 1.28. The third-order valence-electron chi connectivity index (χ3n) is 4.41. The molecule has 0 bridgehead atoms. The highest BCUT2D eigenvalue weighted by molar-refractivity contribution is 5.78. The minimum atomic E-state index is 0.0341. The first-order chi connectivity index (χ1) is 12.2. The molecule has 0 radical (unpaired) electrons. The van der Waals surface area contributed by atoms with E-state index in [9.17, 15) is 4.79 Å². The van der Waals surface area contributed by atoms with Crippen molar-refractivity contribution in [2.45, 2.75) is 19.0 Å². The van der Waals surface area contributed by atoms with Gasteiger partial charge in [0.15, 0.2) is 0 Å². The molecule has 0 aliphatic carbocycles. The highest BCUT2D eigenvalue weighted by atomic mass is 16.5. The zero-order chi connectivity index (χ0) is 17.5. The Hall–Kier alpha value is -2.31. The van der Waals surface area contributed by atoms with Gasteiger partial charge in [-0.15, -0.1) is 0 Å². The largest absolute Gasteiger partial charge is 0.379 e. The Morgan fingerprint density at radius 2 is 1.76 bits per heavy atom. The molecule has 3 heterocycles. The fourth-order valence-electron chi connectivity index (χ4n) is 3.13. The van der Waals surface area contributed by atoms with E-state index in [0.29, 0.717) is 25.7 Å². The van der Waals surface area contributed by atoms with Crippen LogP contribution in [0, 0.1) is 5.92 Å². The molecule has 0 spiro atoms. The first-order valence-electron chi connectivity index (χ1n) is 8.54. The average Bonchev–Trinajstić information content (AvgIpc) is 3.03.